The predicted molar refractivity (Wildman–Crippen MR) is 97.0 cm³/mol. The third kappa shape index (κ3) is 2.83. The molecule has 27 heavy (non-hydrogen) atoms. The molecular formula is C21H13F3O3. The van der Waals surface area contributed by atoms with Crippen molar-refractivity contribution in [3.05, 3.63) is 76.6 Å². The average Bonchev–Trinajstić information content (AvgIpc) is 2.66. The van der Waals surface area contributed by atoms with E-state index in [9.17, 15) is 18.0 Å². The zero-order valence-electron chi connectivity index (χ0n) is 14.1. The summed E-state index contributed by atoms with van der Waals surface area (Å²) in [5.74, 6) is -1.01. The molecule has 0 unspecified atom stereocenters. The highest BCUT2D eigenvalue weighted by Gasteiger charge is 2.39. The van der Waals surface area contributed by atoms with E-state index in [1.54, 1.807) is 36.4 Å². The van der Waals surface area contributed by atoms with Crippen LogP contribution in [-0.4, -0.2) is 7.11 Å². The second kappa shape index (κ2) is 6.16. The molecule has 0 atom stereocenters. The molecule has 3 aromatic carbocycles. The normalized spacial score (nSPS) is 11.9. The van der Waals surface area contributed by atoms with Gasteiger partial charge in [0.25, 0.3) is 0 Å². The lowest BCUT2D eigenvalue weighted by Gasteiger charge is -2.14. The number of methoxy groups -OCH3 is 1. The third-order valence-electron chi connectivity index (χ3n) is 4.42. The lowest BCUT2D eigenvalue weighted by atomic mass is 9.96. The van der Waals surface area contributed by atoms with E-state index in [2.05, 4.69) is 0 Å². The fourth-order valence-corrected chi connectivity index (χ4v) is 3.19. The van der Waals surface area contributed by atoms with Gasteiger partial charge in [0.1, 0.15) is 11.3 Å². The van der Waals surface area contributed by atoms with Crippen LogP contribution in [0.4, 0.5) is 13.2 Å². The summed E-state index contributed by atoms with van der Waals surface area (Å²) in [4.78, 5) is 13.0. The molecule has 0 radical (unpaired) electrons. The molecule has 0 saturated heterocycles. The SMILES string of the molecule is COc1ccc2c(=O)c(-c3cccc4ccccc34)c(C(F)(F)F)oc2c1. The molecule has 0 fully saturated rings. The van der Waals surface area contributed by atoms with E-state index in [0.29, 0.717) is 11.1 Å². The maximum Gasteiger partial charge on any atom is 0.450 e. The minimum absolute atomic E-state index is 0.0618. The maximum absolute atomic E-state index is 13.8. The lowest BCUT2D eigenvalue weighted by Crippen LogP contribution is -2.16. The molecule has 4 aromatic rings. The Balaban J connectivity index is 2.16. The highest BCUT2D eigenvalue weighted by atomic mass is 19.4. The summed E-state index contributed by atoms with van der Waals surface area (Å²) in [7, 11) is 1.38. The molecule has 0 saturated carbocycles. The van der Waals surface area contributed by atoms with Gasteiger partial charge in [0.05, 0.1) is 18.1 Å². The minimum Gasteiger partial charge on any atom is -0.497 e. The van der Waals surface area contributed by atoms with Crippen molar-refractivity contribution in [2.75, 3.05) is 7.11 Å². The first-order valence-corrected chi connectivity index (χ1v) is 8.10. The van der Waals surface area contributed by atoms with Gasteiger partial charge < -0.3 is 9.15 Å². The van der Waals surface area contributed by atoms with E-state index in [0.717, 1.165) is 5.39 Å². The predicted octanol–water partition coefficient (Wildman–Crippen LogP) is 5.64. The monoisotopic (exact) mass is 370 g/mol. The molecule has 0 aliphatic heterocycles. The molecule has 136 valence electrons. The zero-order chi connectivity index (χ0) is 19.2. The fourth-order valence-electron chi connectivity index (χ4n) is 3.19. The number of hydrogen-bond acceptors (Lipinski definition) is 3. The van der Waals surface area contributed by atoms with Crippen LogP contribution in [0, 0.1) is 0 Å². The van der Waals surface area contributed by atoms with E-state index in [4.69, 9.17) is 9.15 Å². The van der Waals surface area contributed by atoms with E-state index in [-0.39, 0.29) is 16.5 Å². The van der Waals surface area contributed by atoms with Crippen molar-refractivity contribution in [3.63, 3.8) is 0 Å². The van der Waals surface area contributed by atoms with E-state index < -0.39 is 22.9 Å². The van der Waals surface area contributed by atoms with Crippen LogP contribution in [0.15, 0.2) is 69.9 Å². The Morgan fingerprint density at radius 1 is 0.926 bits per heavy atom. The summed E-state index contributed by atoms with van der Waals surface area (Å²) >= 11 is 0. The number of ether oxygens (including phenoxy) is 1. The largest absolute Gasteiger partial charge is 0.497 e. The highest BCUT2D eigenvalue weighted by molar-refractivity contribution is 5.98. The van der Waals surface area contributed by atoms with Gasteiger partial charge in [-0.1, -0.05) is 42.5 Å². The van der Waals surface area contributed by atoms with Gasteiger partial charge in [0.15, 0.2) is 0 Å². The summed E-state index contributed by atoms with van der Waals surface area (Å²) in [6.45, 7) is 0. The molecule has 0 N–H and O–H groups in total. The number of benzene rings is 3. The molecule has 0 amide bonds. The van der Waals surface area contributed by atoms with Gasteiger partial charge in [0.2, 0.25) is 11.2 Å². The minimum atomic E-state index is -4.83. The molecule has 0 aliphatic carbocycles. The molecule has 0 aliphatic rings. The van der Waals surface area contributed by atoms with Crippen LogP contribution >= 0.6 is 0 Å². The molecular weight excluding hydrogens is 357 g/mol. The number of rotatable bonds is 2. The maximum atomic E-state index is 13.8. The van der Waals surface area contributed by atoms with Crippen molar-refractivity contribution in [1.29, 1.82) is 0 Å². The fraction of sp³-hybridized carbons (Fsp3) is 0.0952. The molecule has 0 bridgehead atoms. The Morgan fingerprint density at radius 2 is 1.67 bits per heavy atom. The molecule has 1 aromatic heterocycles. The van der Waals surface area contributed by atoms with E-state index >= 15 is 0 Å². The second-order valence-corrected chi connectivity index (χ2v) is 6.02. The average molecular weight is 370 g/mol. The van der Waals surface area contributed by atoms with Crippen LogP contribution in [0.2, 0.25) is 0 Å². The standard InChI is InChI=1S/C21H13F3O3/c1-26-13-9-10-16-17(11-13)27-20(21(22,23)24)18(19(16)25)15-8-4-6-12-5-2-3-7-14(12)15/h2-11H,1H3. The van der Waals surface area contributed by atoms with Gasteiger partial charge in [-0.05, 0) is 28.5 Å². The number of alkyl halides is 3. The van der Waals surface area contributed by atoms with Crippen molar-refractivity contribution in [1.82, 2.24) is 0 Å². The number of hydrogen-bond donors (Lipinski definition) is 0. The van der Waals surface area contributed by atoms with Gasteiger partial charge >= 0.3 is 6.18 Å². The van der Waals surface area contributed by atoms with Crippen LogP contribution in [0.25, 0.3) is 32.9 Å². The van der Waals surface area contributed by atoms with Gasteiger partial charge in [0, 0.05) is 6.07 Å². The Bertz CT molecular complexity index is 1220. The van der Waals surface area contributed by atoms with Gasteiger partial charge in [-0.3, -0.25) is 4.79 Å². The summed E-state index contributed by atoms with van der Waals surface area (Å²) in [6, 6.07) is 16.1. The van der Waals surface area contributed by atoms with Crippen molar-refractivity contribution < 1.29 is 22.3 Å². The summed E-state index contributed by atoms with van der Waals surface area (Å²) in [5.41, 5.74) is -1.21. The van der Waals surface area contributed by atoms with Crippen molar-refractivity contribution in [2.45, 2.75) is 6.18 Å². The Morgan fingerprint density at radius 3 is 2.41 bits per heavy atom. The van der Waals surface area contributed by atoms with Crippen LogP contribution in [-0.2, 0) is 6.18 Å². The first kappa shape index (κ1) is 17.1. The second-order valence-electron chi connectivity index (χ2n) is 6.02. The molecule has 1 heterocycles. The van der Waals surface area contributed by atoms with Gasteiger partial charge in [-0.25, -0.2) is 0 Å². The van der Waals surface area contributed by atoms with Crippen LogP contribution in [0.1, 0.15) is 5.76 Å². The summed E-state index contributed by atoms with van der Waals surface area (Å²) in [6.07, 6.45) is -4.83. The smallest absolute Gasteiger partial charge is 0.450 e. The van der Waals surface area contributed by atoms with E-state index in [1.165, 1.54) is 31.4 Å². The summed E-state index contributed by atoms with van der Waals surface area (Å²) < 4.78 is 51.5. The molecule has 4 rings (SSSR count). The zero-order valence-corrected chi connectivity index (χ0v) is 14.1. The first-order valence-electron chi connectivity index (χ1n) is 8.10. The van der Waals surface area contributed by atoms with Crippen molar-refractivity contribution in [3.8, 4) is 16.9 Å². The lowest BCUT2D eigenvalue weighted by molar-refractivity contribution is -0.152. The molecule has 6 heteroatoms. The molecule has 3 nitrogen and oxygen atoms in total. The van der Waals surface area contributed by atoms with Gasteiger partial charge in [-0.2, -0.15) is 13.2 Å². The topological polar surface area (TPSA) is 39.4 Å². The molecule has 0 spiro atoms. The summed E-state index contributed by atoms with van der Waals surface area (Å²) in [5, 5.41) is 1.34. The number of halogens is 3. The Kier molecular flexibility index (Phi) is 3.91. The Hall–Kier alpha value is -3.28. The van der Waals surface area contributed by atoms with E-state index in [1.807, 2.05) is 0 Å². The van der Waals surface area contributed by atoms with Crippen molar-refractivity contribution >= 4 is 21.7 Å². The van der Waals surface area contributed by atoms with Crippen molar-refractivity contribution in [2.24, 2.45) is 0 Å². The van der Waals surface area contributed by atoms with Gasteiger partial charge in [-0.15, -0.1) is 0 Å². The van der Waals surface area contributed by atoms with Crippen LogP contribution in [0.5, 0.6) is 5.75 Å². The van der Waals surface area contributed by atoms with Crippen LogP contribution in [0.3, 0.4) is 0 Å². The Labute approximate surface area is 151 Å². The highest BCUT2D eigenvalue weighted by Crippen LogP contribution is 2.39. The number of fused-ring (bicyclic) bond motifs is 2. The first-order chi connectivity index (χ1) is 12.9. The third-order valence-corrected chi connectivity index (χ3v) is 4.42. The van der Waals surface area contributed by atoms with Crippen LogP contribution < -0.4 is 10.2 Å². The quantitative estimate of drug-likeness (QED) is 0.458.